The molecule has 11 heteroatoms. The molecule has 1 aromatic carbocycles. The SMILES string of the molecule is O=C(NCc1c(-c2cc(F)ccc2F)ccnc1C1CCC(F)(F)CC1)c1cnc(N2CCCO2)nc1. The Kier molecular flexibility index (Phi) is 7.05. The molecular formula is C26H25F4N5O2. The Labute approximate surface area is 210 Å². The van der Waals surface area contributed by atoms with Crippen LogP contribution in [0.5, 0.6) is 0 Å². The van der Waals surface area contributed by atoms with Gasteiger partial charge in [0.05, 0.1) is 18.7 Å². The van der Waals surface area contributed by atoms with E-state index in [0.717, 1.165) is 24.6 Å². The lowest BCUT2D eigenvalue weighted by Gasteiger charge is -2.29. The van der Waals surface area contributed by atoms with Crippen molar-refractivity contribution in [2.24, 2.45) is 0 Å². The van der Waals surface area contributed by atoms with Crippen molar-refractivity contribution in [3.8, 4) is 11.1 Å². The van der Waals surface area contributed by atoms with Gasteiger partial charge in [0, 0.05) is 60.7 Å². The summed E-state index contributed by atoms with van der Waals surface area (Å²) in [6.45, 7) is 1.16. The summed E-state index contributed by atoms with van der Waals surface area (Å²) in [7, 11) is 0. The molecule has 3 heterocycles. The number of hydrogen-bond acceptors (Lipinski definition) is 6. The summed E-state index contributed by atoms with van der Waals surface area (Å²) in [5.41, 5.74) is 1.50. The van der Waals surface area contributed by atoms with E-state index in [1.807, 2.05) is 0 Å². The fourth-order valence-corrected chi connectivity index (χ4v) is 4.76. The van der Waals surface area contributed by atoms with Gasteiger partial charge in [-0.2, -0.15) is 0 Å². The van der Waals surface area contributed by atoms with E-state index in [1.165, 1.54) is 24.7 Å². The molecule has 2 aromatic heterocycles. The molecule has 0 atom stereocenters. The van der Waals surface area contributed by atoms with Gasteiger partial charge in [0.1, 0.15) is 11.6 Å². The van der Waals surface area contributed by atoms with E-state index in [4.69, 9.17) is 4.84 Å². The second-order valence-corrected chi connectivity index (χ2v) is 9.22. The molecule has 1 saturated carbocycles. The number of amides is 1. The number of hydroxylamine groups is 1. The first-order chi connectivity index (χ1) is 17.8. The Morgan fingerprint density at radius 1 is 1.08 bits per heavy atom. The maximum Gasteiger partial charge on any atom is 0.254 e. The number of benzene rings is 1. The highest BCUT2D eigenvalue weighted by Crippen LogP contribution is 2.42. The molecule has 0 radical (unpaired) electrons. The van der Waals surface area contributed by atoms with Crippen molar-refractivity contribution in [2.45, 2.75) is 50.5 Å². The van der Waals surface area contributed by atoms with E-state index >= 15 is 0 Å². The second-order valence-electron chi connectivity index (χ2n) is 9.22. The number of carbonyl (C=O) groups excluding carboxylic acids is 1. The van der Waals surface area contributed by atoms with Crippen molar-refractivity contribution in [2.75, 3.05) is 18.2 Å². The number of rotatable bonds is 6. The van der Waals surface area contributed by atoms with Gasteiger partial charge in [-0.1, -0.05) is 0 Å². The van der Waals surface area contributed by atoms with E-state index in [0.29, 0.717) is 35.9 Å². The number of halogens is 4. The molecule has 1 aliphatic carbocycles. The van der Waals surface area contributed by atoms with Crippen LogP contribution in [0.3, 0.4) is 0 Å². The minimum absolute atomic E-state index is 0.00679. The number of aromatic nitrogens is 3. The second kappa shape index (κ2) is 10.4. The molecule has 2 aliphatic rings. The molecule has 0 bridgehead atoms. The fourth-order valence-electron chi connectivity index (χ4n) is 4.76. The highest BCUT2D eigenvalue weighted by Gasteiger charge is 2.37. The number of alkyl halides is 2. The molecular weight excluding hydrogens is 490 g/mol. The van der Waals surface area contributed by atoms with Crippen molar-refractivity contribution in [3.05, 3.63) is 71.3 Å². The maximum atomic E-state index is 14.7. The fraction of sp³-hybridized carbons (Fsp3) is 0.385. The van der Waals surface area contributed by atoms with Crippen LogP contribution in [-0.4, -0.2) is 39.9 Å². The van der Waals surface area contributed by atoms with Crippen molar-refractivity contribution in [1.29, 1.82) is 0 Å². The predicted octanol–water partition coefficient (Wildman–Crippen LogP) is 5.18. The summed E-state index contributed by atoms with van der Waals surface area (Å²) in [4.78, 5) is 31.1. The van der Waals surface area contributed by atoms with Gasteiger partial charge in [-0.3, -0.25) is 14.6 Å². The van der Waals surface area contributed by atoms with Crippen LogP contribution < -0.4 is 10.4 Å². The van der Waals surface area contributed by atoms with Gasteiger partial charge in [-0.05, 0) is 49.1 Å². The Bertz CT molecular complexity index is 1270. The maximum absolute atomic E-state index is 14.7. The van der Waals surface area contributed by atoms with Gasteiger partial charge >= 0.3 is 0 Å². The highest BCUT2D eigenvalue weighted by molar-refractivity contribution is 5.93. The summed E-state index contributed by atoms with van der Waals surface area (Å²) in [5, 5.41) is 4.33. The first kappa shape index (κ1) is 25.1. The van der Waals surface area contributed by atoms with Gasteiger partial charge < -0.3 is 5.32 Å². The molecule has 0 spiro atoms. The van der Waals surface area contributed by atoms with Crippen LogP contribution in [0.4, 0.5) is 23.5 Å². The Balaban J connectivity index is 1.42. The van der Waals surface area contributed by atoms with Crippen LogP contribution in [0.25, 0.3) is 11.1 Å². The number of nitrogens with one attached hydrogen (secondary N) is 1. The zero-order chi connectivity index (χ0) is 26.0. The number of nitrogens with zero attached hydrogens (tertiary/aromatic N) is 4. The average Bonchev–Trinajstić information content (AvgIpc) is 3.44. The molecule has 1 saturated heterocycles. The van der Waals surface area contributed by atoms with Gasteiger partial charge in [0.2, 0.25) is 11.9 Å². The quantitative estimate of drug-likeness (QED) is 0.456. The molecule has 7 nitrogen and oxygen atoms in total. The third kappa shape index (κ3) is 5.56. The lowest BCUT2D eigenvalue weighted by atomic mass is 9.81. The summed E-state index contributed by atoms with van der Waals surface area (Å²) in [6.07, 6.45) is 4.89. The van der Waals surface area contributed by atoms with Crippen LogP contribution in [0.2, 0.25) is 0 Å². The first-order valence-corrected chi connectivity index (χ1v) is 12.1. The van der Waals surface area contributed by atoms with E-state index in [2.05, 4.69) is 20.3 Å². The summed E-state index contributed by atoms with van der Waals surface area (Å²) < 4.78 is 56.4. The molecule has 0 unspecified atom stereocenters. The van der Waals surface area contributed by atoms with Crippen molar-refractivity contribution in [1.82, 2.24) is 20.3 Å². The zero-order valence-electron chi connectivity index (χ0n) is 19.9. The number of carbonyl (C=O) groups is 1. The lowest BCUT2D eigenvalue weighted by Crippen LogP contribution is -2.27. The first-order valence-electron chi connectivity index (χ1n) is 12.1. The molecule has 3 aromatic rings. The summed E-state index contributed by atoms with van der Waals surface area (Å²) >= 11 is 0. The third-order valence-corrected chi connectivity index (χ3v) is 6.71. The van der Waals surface area contributed by atoms with E-state index < -0.39 is 23.5 Å². The molecule has 1 N–H and O–H groups in total. The van der Waals surface area contributed by atoms with Crippen molar-refractivity contribution < 1.29 is 27.2 Å². The number of hydrogen-bond donors (Lipinski definition) is 1. The van der Waals surface area contributed by atoms with Gasteiger partial charge in [-0.15, -0.1) is 0 Å². The normalized spacial score (nSPS) is 17.7. The predicted molar refractivity (Wildman–Crippen MR) is 127 cm³/mol. The zero-order valence-corrected chi connectivity index (χ0v) is 19.9. The van der Waals surface area contributed by atoms with Crippen LogP contribution in [-0.2, 0) is 11.4 Å². The topological polar surface area (TPSA) is 80.2 Å². The average molecular weight is 516 g/mol. The minimum Gasteiger partial charge on any atom is -0.348 e. The number of pyridine rings is 1. The van der Waals surface area contributed by atoms with Crippen LogP contribution >= 0.6 is 0 Å². The van der Waals surface area contributed by atoms with Gasteiger partial charge in [0.15, 0.2) is 0 Å². The summed E-state index contributed by atoms with van der Waals surface area (Å²) in [6, 6.07) is 4.65. The van der Waals surface area contributed by atoms with Crippen molar-refractivity contribution >= 4 is 11.9 Å². The number of anilines is 1. The van der Waals surface area contributed by atoms with Gasteiger partial charge in [-0.25, -0.2) is 32.6 Å². The van der Waals surface area contributed by atoms with Gasteiger partial charge in [0.25, 0.3) is 5.91 Å². The van der Waals surface area contributed by atoms with E-state index in [9.17, 15) is 22.4 Å². The molecule has 37 heavy (non-hydrogen) atoms. The highest BCUT2D eigenvalue weighted by atomic mass is 19.3. The molecule has 1 amide bonds. The van der Waals surface area contributed by atoms with Crippen LogP contribution in [0, 0.1) is 11.6 Å². The largest absolute Gasteiger partial charge is 0.348 e. The minimum atomic E-state index is -2.73. The van der Waals surface area contributed by atoms with E-state index in [-0.39, 0.29) is 49.3 Å². The van der Waals surface area contributed by atoms with Crippen LogP contribution in [0.15, 0.2) is 42.9 Å². The monoisotopic (exact) mass is 515 g/mol. The van der Waals surface area contributed by atoms with Crippen molar-refractivity contribution in [3.63, 3.8) is 0 Å². The molecule has 194 valence electrons. The molecule has 5 rings (SSSR count). The summed E-state index contributed by atoms with van der Waals surface area (Å²) in [5.74, 6) is -4.43. The Hall–Kier alpha value is -3.60. The molecule has 2 fully saturated rings. The Morgan fingerprint density at radius 3 is 2.54 bits per heavy atom. The smallest absolute Gasteiger partial charge is 0.254 e. The standard InChI is InChI=1S/C26H25F4N5O2/c27-18-2-3-22(28)20(12-18)19-6-9-31-23(16-4-7-26(29,30)8-5-16)21(19)15-32-24(36)17-13-33-25(34-14-17)35-10-1-11-37-35/h2-3,6,9,12-14,16H,1,4-5,7-8,10-11,15H2,(H,32,36). The van der Waals surface area contributed by atoms with E-state index in [1.54, 1.807) is 5.06 Å². The Morgan fingerprint density at radius 2 is 1.84 bits per heavy atom. The molecule has 1 aliphatic heterocycles. The third-order valence-electron chi connectivity index (χ3n) is 6.71. The van der Waals surface area contributed by atoms with Crippen LogP contribution in [0.1, 0.15) is 59.6 Å². The lowest BCUT2D eigenvalue weighted by molar-refractivity contribution is -0.0385.